The number of aliphatic imine (C=N–C) groups is 1. The molecule has 3 aromatic rings. The number of hydrogen-bond acceptors (Lipinski definition) is 5. The summed E-state index contributed by atoms with van der Waals surface area (Å²) in [5.41, 5.74) is 1.55. The third-order valence-electron chi connectivity index (χ3n) is 3.89. The maximum absolute atomic E-state index is 12.2. The van der Waals surface area contributed by atoms with Crippen molar-refractivity contribution in [3.05, 3.63) is 89.5 Å². The Hall–Kier alpha value is -3.93. The van der Waals surface area contributed by atoms with E-state index in [9.17, 15) is 14.7 Å². The third kappa shape index (κ3) is 4.42. The normalized spacial score (nSPS) is 10.6. The number of methoxy groups -OCH3 is 1. The first kappa shape index (κ1) is 18.8. The van der Waals surface area contributed by atoms with E-state index >= 15 is 0 Å². The first-order valence-corrected chi connectivity index (χ1v) is 8.40. The predicted molar refractivity (Wildman–Crippen MR) is 105 cm³/mol. The zero-order valence-electron chi connectivity index (χ0n) is 15.0. The first-order chi connectivity index (χ1) is 13.6. The minimum atomic E-state index is -1.05. The molecule has 0 aliphatic rings. The van der Waals surface area contributed by atoms with Gasteiger partial charge >= 0.3 is 11.9 Å². The van der Waals surface area contributed by atoms with E-state index in [0.29, 0.717) is 22.6 Å². The number of para-hydroxylation sites is 1. The number of nitrogens with zero attached hydrogens (tertiary/aromatic N) is 1. The lowest BCUT2D eigenvalue weighted by Gasteiger charge is -2.10. The van der Waals surface area contributed by atoms with Gasteiger partial charge in [0, 0.05) is 6.21 Å². The SMILES string of the molecule is COc1cc(C=Nc2ccccc2C(=O)O)ccc1OC(=O)c1ccccc1. The maximum atomic E-state index is 12.2. The lowest BCUT2D eigenvalue weighted by Crippen LogP contribution is -2.09. The lowest BCUT2D eigenvalue weighted by molar-refractivity contribution is 0.0695. The molecule has 6 heteroatoms. The van der Waals surface area contributed by atoms with Crippen LogP contribution in [-0.4, -0.2) is 30.4 Å². The third-order valence-corrected chi connectivity index (χ3v) is 3.89. The van der Waals surface area contributed by atoms with Crippen molar-refractivity contribution in [1.82, 2.24) is 0 Å². The van der Waals surface area contributed by atoms with Crippen molar-refractivity contribution in [3.63, 3.8) is 0 Å². The van der Waals surface area contributed by atoms with Crippen molar-refractivity contribution < 1.29 is 24.2 Å². The smallest absolute Gasteiger partial charge is 0.343 e. The topological polar surface area (TPSA) is 85.2 Å². The summed E-state index contributed by atoms with van der Waals surface area (Å²) in [5.74, 6) is -0.900. The Labute approximate surface area is 161 Å². The molecule has 3 rings (SSSR count). The van der Waals surface area contributed by atoms with Gasteiger partial charge in [-0.1, -0.05) is 30.3 Å². The van der Waals surface area contributed by atoms with Gasteiger partial charge in [-0.25, -0.2) is 9.59 Å². The average molecular weight is 375 g/mol. The zero-order chi connectivity index (χ0) is 19.9. The molecule has 0 radical (unpaired) electrons. The number of aromatic carboxylic acids is 1. The summed E-state index contributed by atoms with van der Waals surface area (Å²) < 4.78 is 10.7. The number of carbonyl (C=O) groups is 2. The van der Waals surface area contributed by atoms with Gasteiger partial charge in [0.25, 0.3) is 0 Å². The van der Waals surface area contributed by atoms with Gasteiger partial charge in [0.15, 0.2) is 11.5 Å². The molecule has 0 aliphatic carbocycles. The van der Waals surface area contributed by atoms with E-state index in [4.69, 9.17) is 9.47 Å². The van der Waals surface area contributed by atoms with E-state index in [2.05, 4.69) is 4.99 Å². The number of hydrogen-bond donors (Lipinski definition) is 1. The molecule has 1 N–H and O–H groups in total. The Bertz CT molecular complexity index is 1030. The molecule has 140 valence electrons. The van der Waals surface area contributed by atoms with Crippen LogP contribution >= 0.6 is 0 Å². The Kier molecular flexibility index (Phi) is 5.81. The largest absolute Gasteiger partial charge is 0.493 e. The molecule has 0 saturated heterocycles. The van der Waals surface area contributed by atoms with Crippen molar-refractivity contribution in [3.8, 4) is 11.5 Å². The maximum Gasteiger partial charge on any atom is 0.343 e. The molecule has 0 aliphatic heterocycles. The molecule has 0 unspecified atom stereocenters. The highest BCUT2D eigenvalue weighted by atomic mass is 16.6. The Morgan fingerprint density at radius 2 is 1.64 bits per heavy atom. The Morgan fingerprint density at radius 3 is 2.36 bits per heavy atom. The fourth-order valence-electron chi connectivity index (χ4n) is 2.49. The summed E-state index contributed by atoms with van der Waals surface area (Å²) in [4.78, 5) is 27.7. The Morgan fingerprint density at radius 1 is 0.929 bits per heavy atom. The molecule has 0 aromatic heterocycles. The number of carboxylic acids is 1. The molecular weight excluding hydrogens is 358 g/mol. The van der Waals surface area contributed by atoms with Crippen LogP contribution in [0.5, 0.6) is 11.5 Å². The summed E-state index contributed by atoms with van der Waals surface area (Å²) in [6.45, 7) is 0. The highest BCUT2D eigenvalue weighted by molar-refractivity contribution is 5.95. The van der Waals surface area contributed by atoms with Crippen LogP contribution in [0.2, 0.25) is 0 Å². The van der Waals surface area contributed by atoms with Crippen LogP contribution < -0.4 is 9.47 Å². The van der Waals surface area contributed by atoms with Crippen LogP contribution in [0.3, 0.4) is 0 Å². The standard InChI is InChI=1S/C22H17NO5/c1-27-20-13-15(14-23-18-10-6-5-9-17(18)21(24)25)11-12-19(20)28-22(26)16-7-3-2-4-8-16/h2-14H,1H3,(H,24,25). The number of ether oxygens (including phenoxy) is 2. The number of rotatable bonds is 6. The van der Waals surface area contributed by atoms with E-state index < -0.39 is 11.9 Å². The molecule has 0 heterocycles. The van der Waals surface area contributed by atoms with Crippen molar-refractivity contribution >= 4 is 23.8 Å². The first-order valence-electron chi connectivity index (χ1n) is 8.40. The minimum Gasteiger partial charge on any atom is -0.493 e. The van der Waals surface area contributed by atoms with Crippen LogP contribution in [0.15, 0.2) is 77.8 Å². The van der Waals surface area contributed by atoms with Crippen LogP contribution in [0, 0.1) is 0 Å². The summed E-state index contributed by atoms with van der Waals surface area (Å²) in [6, 6.07) is 20.1. The second-order valence-electron chi connectivity index (χ2n) is 5.75. The highest BCUT2D eigenvalue weighted by Gasteiger charge is 2.12. The summed E-state index contributed by atoms with van der Waals surface area (Å²) >= 11 is 0. The van der Waals surface area contributed by atoms with Gasteiger partial charge in [-0.05, 0) is 48.0 Å². The van der Waals surface area contributed by atoms with Crippen LogP contribution in [0.25, 0.3) is 0 Å². The van der Waals surface area contributed by atoms with E-state index in [-0.39, 0.29) is 11.3 Å². The van der Waals surface area contributed by atoms with Crippen LogP contribution in [-0.2, 0) is 0 Å². The van der Waals surface area contributed by atoms with Crippen molar-refractivity contribution in [2.45, 2.75) is 0 Å². The van der Waals surface area contributed by atoms with Crippen molar-refractivity contribution in [2.24, 2.45) is 4.99 Å². The van der Waals surface area contributed by atoms with Gasteiger partial charge in [-0.3, -0.25) is 4.99 Å². The van der Waals surface area contributed by atoms with Gasteiger partial charge < -0.3 is 14.6 Å². The fraction of sp³-hybridized carbons (Fsp3) is 0.0455. The molecule has 0 atom stereocenters. The number of esters is 1. The van der Waals surface area contributed by atoms with Gasteiger partial charge in [0.2, 0.25) is 0 Å². The second-order valence-corrected chi connectivity index (χ2v) is 5.75. The number of benzene rings is 3. The molecule has 0 amide bonds. The molecule has 0 bridgehead atoms. The summed E-state index contributed by atoms with van der Waals surface area (Å²) in [7, 11) is 1.47. The number of carboxylic acid groups (broad SMARTS) is 1. The fourth-order valence-corrected chi connectivity index (χ4v) is 2.49. The quantitative estimate of drug-likeness (QED) is 0.393. The van der Waals surface area contributed by atoms with E-state index in [1.165, 1.54) is 19.4 Å². The zero-order valence-corrected chi connectivity index (χ0v) is 15.0. The monoisotopic (exact) mass is 375 g/mol. The van der Waals surface area contributed by atoms with E-state index in [1.807, 2.05) is 6.07 Å². The van der Waals surface area contributed by atoms with Crippen molar-refractivity contribution in [1.29, 1.82) is 0 Å². The van der Waals surface area contributed by atoms with Crippen LogP contribution in [0.1, 0.15) is 26.3 Å². The van der Waals surface area contributed by atoms with Gasteiger partial charge in [0.05, 0.1) is 23.9 Å². The molecule has 0 spiro atoms. The van der Waals surface area contributed by atoms with Crippen molar-refractivity contribution in [2.75, 3.05) is 7.11 Å². The molecule has 0 saturated carbocycles. The highest BCUT2D eigenvalue weighted by Crippen LogP contribution is 2.29. The molecule has 6 nitrogen and oxygen atoms in total. The minimum absolute atomic E-state index is 0.110. The van der Waals surface area contributed by atoms with E-state index in [1.54, 1.807) is 60.7 Å². The lowest BCUT2D eigenvalue weighted by atomic mass is 10.1. The second kappa shape index (κ2) is 8.64. The van der Waals surface area contributed by atoms with Crippen LogP contribution in [0.4, 0.5) is 5.69 Å². The number of carbonyl (C=O) groups excluding carboxylic acids is 1. The molecule has 28 heavy (non-hydrogen) atoms. The van der Waals surface area contributed by atoms with Gasteiger partial charge in [-0.2, -0.15) is 0 Å². The predicted octanol–water partition coefficient (Wildman–Crippen LogP) is 4.36. The summed E-state index contributed by atoms with van der Waals surface area (Å²) in [5, 5.41) is 9.22. The molecule has 0 fully saturated rings. The molecular formula is C22H17NO5. The Balaban J connectivity index is 1.82. The van der Waals surface area contributed by atoms with E-state index in [0.717, 1.165) is 0 Å². The van der Waals surface area contributed by atoms with Gasteiger partial charge in [0.1, 0.15) is 0 Å². The average Bonchev–Trinajstić information content (AvgIpc) is 2.73. The summed E-state index contributed by atoms with van der Waals surface area (Å²) in [6.07, 6.45) is 1.52. The van der Waals surface area contributed by atoms with Gasteiger partial charge in [-0.15, -0.1) is 0 Å². The molecule has 3 aromatic carbocycles.